The molecule has 0 fully saturated rings. The third kappa shape index (κ3) is 9.47. The van der Waals surface area contributed by atoms with Gasteiger partial charge in [-0.2, -0.15) is 0 Å². The molecule has 0 bridgehead atoms. The fourth-order valence-electron chi connectivity index (χ4n) is 14.5. The van der Waals surface area contributed by atoms with Gasteiger partial charge in [0.2, 0.25) is 6.71 Å². The van der Waals surface area contributed by atoms with Crippen molar-refractivity contribution >= 4 is 23.1 Å². The maximum absolute atomic E-state index is 2.45. The average Bonchev–Trinajstić information content (AvgIpc) is 0.933. The van der Waals surface area contributed by atoms with Crippen molar-refractivity contribution in [3.05, 3.63) is 303 Å². The zero-order chi connectivity index (χ0) is 57.9. The molecule has 0 saturated carbocycles. The molecule has 1 heterocycles. The van der Waals surface area contributed by atoms with Gasteiger partial charge in [-0.15, -0.1) is 0 Å². The van der Waals surface area contributed by atoms with Gasteiger partial charge in [0.05, 0.1) is 0 Å². The molecule has 1 aliphatic rings. The van der Waals surface area contributed by atoms with Crippen molar-refractivity contribution in [2.24, 2.45) is 0 Å². The number of rotatable bonds is 10. The van der Waals surface area contributed by atoms with E-state index in [1.54, 1.807) is 0 Å². The second kappa shape index (κ2) is 22.1. The van der Waals surface area contributed by atoms with Crippen molar-refractivity contribution in [2.45, 2.75) is 75.7 Å². The van der Waals surface area contributed by atoms with Crippen LogP contribution in [-0.2, 0) is 6.42 Å². The summed E-state index contributed by atoms with van der Waals surface area (Å²) < 4.78 is 0. The molecule has 12 aromatic rings. The first-order valence-corrected chi connectivity index (χ1v) is 30.0. The number of fused-ring (bicyclic) bond motifs is 2. The Labute approximate surface area is 499 Å². The maximum Gasteiger partial charge on any atom is 0.243 e. The summed E-state index contributed by atoms with van der Waals surface area (Å²) in [6.45, 7) is 24.2. The molecule has 0 aliphatic carbocycles. The zero-order valence-electron chi connectivity index (χ0n) is 50.3. The van der Waals surface area contributed by atoms with Crippen LogP contribution in [-0.4, -0.2) is 6.71 Å². The van der Waals surface area contributed by atoms with E-state index in [1.165, 1.54) is 183 Å². The topological polar surface area (TPSA) is 0 Å². The van der Waals surface area contributed by atoms with E-state index in [1.807, 2.05) is 0 Å². The van der Waals surface area contributed by atoms with Crippen LogP contribution in [0.1, 0.15) is 66.8 Å². The first-order chi connectivity index (χ1) is 40.8. The highest BCUT2D eigenvalue weighted by molar-refractivity contribution is 6.97. The van der Waals surface area contributed by atoms with Crippen molar-refractivity contribution in [3.63, 3.8) is 0 Å². The van der Waals surface area contributed by atoms with Gasteiger partial charge in [0.1, 0.15) is 0 Å². The van der Waals surface area contributed by atoms with E-state index in [2.05, 4.69) is 306 Å². The molecule has 0 amide bonds. The highest BCUT2D eigenvalue weighted by Crippen LogP contribution is 2.44. The molecule has 0 unspecified atom stereocenters. The van der Waals surface area contributed by atoms with E-state index >= 15 is 0 Å². The molecule has 0 aromatic heterocycles. The summed E-state index contributed by atoms with van der Waals surface area (Å²) >= 11 is 0. The molecule has 12 aromatic carbocycles. The van der Waals surface area contributed by atoms with Crippen LogP contribution in [0.3, 0.4) is 0 Å². The lowest BCUT2D eigenvalue weighted by molar-refractivity contribution is 1.11. The molecule has 0 saturated heterocycles. The molecule has 0 atom stereocenters. The minimum absolute atomic E-state index is 0.00491. The monoisotopic (exact) mass is 1080 g/mol. The van der Waals surface area contributed by atoms with Gasteiger partial charge in [0.15, 0.2) is 0 Å². The van der Waals surface area contributed by atoms with Crippen LogP contribution in [0.25, 0.3) is 100 Å². The minimum atomic E-state index is -0.00491. The first-order valence-electron chi connectivity index (χ1n) is 30.0. The summed E-state index contributed by atoms with van der Waals surface area (Å²) in [4.78, 5) is 0. The maximum atomic E-state index is 2.45. The van der Waals surface area contributed by atoms with Crippen LogP contribution in [0.2, 0.25) is 0 Å². The van der Waals surface area contributed by atoms with Gasteiger partial charge in [0.25, 0.3) is 0 Å². The molecule has 0 radical (unpaired) electrons. The van der Waals surface area contributed by atoms with Crippen molar-refractivity contribution in [2.75, 3.05) is 0 Å². The van der Waals surface area contributed by atoms with E-state index in [-0.39, 0.29) is 6.71 Å². The molecule has 1 heteroatoms. The first kappa shape index (κ1) is 54.0. The van der Waals surface area contributed by atoms with Crippen LogP contribution in [0.5, 0.6) is 0 Å². The van der Waals surface area contributed by atoms with Gasteiger partial charge in [-0.05, 0) is 275 Å². The third-order valence-electron chi connectivity index (χ3n) is 19.2. The molecular formula is C83H71B. The lowest BCUT2D eigenvalue weighted by Gasteiger charge is -2.38. The Morgan fingerprint density at radius 2 is 0.381 bits per heavy atom. The number of benzene rings is 12. The summed E-state index contributed by atoms with van der Waals surface area (Å²) in [6.07, 6.45) is 0.845. The molecule has 0 N–H and O–H groups in total. The minimum Gasteiger partial charge on any atom is -0.0623 e. The lowest BCUT2D eigenvalue weighted by Crippen LogP contribution is -2.61. The highest BCUT2D eigenvalue weighted by atomic mass is 14.3. The fraction of sp³-hybridized carbons (Fsp3) is 0.133. The van der Waals surface area contributed by atoms with Crippen LogP contribution < -0.4 is 16.4 Å². The van der Waals surface area contributed by atoms with Gasteiger partial charge >= 0.3 is 0 Å². The summed E-state index contributed by atoms with van der Waals surface area (Å²) in [5.41, 5.74) is 43.4. The van der Waals surface area contributed by atoms with E-state index < -0.39 is 0 Å². The van der Waals surface area contributed by atoms with Crippen molar-refractivity contribution in [3.8, 4) is 100 Å². The Kier molecular flexibility index (Phi) is 14.2. The summed E-state index contributed by atoms with van der Waals surface area (Å²) in [5.74, 6) is 0. The number of hydrogen-bond donors (Lipinski definition) is 0. The lowest BCUT2D eigenvalue weighted by atomic mass is 9.30. The Bertz CT molecular complexity index is 4060. The van der Waals surface area contributed by atoms with Crippen LogP contribution in [0.15, 0.2) is 237 Å². The van der Waals surface area contributed by atoms with Crippen molar-refractivity contribution in [1.82, 2.24) is 0 Å². The Hall–Kier alpha value is -9.30. The largest absolute Gasteiger partial charge is 0.243 e. The Morgan fingerprint density at radius 1 is 0.190 bits per heavy atom. The summed E-state index contributed by atoms with van der Waals surface area (Å²) in [6, 6.07) is 87.3. The highest BCUT2D eigenvalue weighted by Gasteiger charge is 2.40. The van der Waals surface area contributed by atoms with Gasteiger partial charge in [-0.25, -0.2) is 0 Å². The predicted molar refractivity (Wildman–Crippen MR) is 363 cm³/mol. The molecule has 13 rings (SSSR count). The predicted octanol–water partition coefficient (Wildman–Crippen LogP) is 20.2. The Balaban J connectivity index is 1.08. The van der Waals surface area contributed by atoms with Gasteiger partial charge < -0.3 is 0 Å². The van der Waals surface area contributed by atoms with Gasteiger partial charge in [-0.3, -0.25) is 0 Å². The second-order valence-corrected chi connectivity index (χ2v) is 23.8. The van der Waals surface area contributed by atoms with Crippen LogP contribution >= 0.6 is 0 Å². The smallest absolute Gasteiger partial charge is 0.0623 e. The van der Waals surface area contributed by atoms with E-state index in [0.29, 0.717) is 0 Å². The van der Waals surface area contributed by atoms with E-state index in [9.17, 15) is 0 Å². The van der Waals surface area contributed by atoms with E-state index in [4.69, 9.17) is 0 Å². The summed E-state index contributed by atoms with van der Waals surface area (Å²) in [7, 11) is 0. The van der Waals surface area contributed by atoms with E-state index in [0.717, 1.165) is 6.42 Å². The average molecular weight is 1080 g/mol. The Morgan fingerprint density at radius 3 is 0.607 bits per heavy atom. The molecular weight excluding hydrogens is 1010 g/mol. The normalized spacial score (nSPS) is 11.9. The van der Waals surface area contributed by atoms with Crippen LogP contribution in [0.4, 0.5) is 0 Å². The molecule has 406 valence electrons. The standard InChI is InChI=1S/C83H71B/c1-51-55(5)81(56(6)52(2)78(51)73-44-67(61-29-17-11-18-30-61)41-68(45-73)62-31-19-12-20-32-62)84-82-57(7)53(3)79(74-46-69(63-33-21-13-22-34-63)42-70(47-74)64-35-23-14-24-36-64)59(9)76(82)50-77-60(10)80(54(4)58(8)83(77)84)75-48-71(65-37-25-15-26-38-65)43-72(49-75)66-39-27-16-28-40-66/h11-49H,50H2,1-10H3. The van der Waals surface area contributed by atoms with Gasteiger partial charge in [-0.1, -0.05) is 221 Å². The summed E-state index contributed by atoms with van der Waals surface area (Å²) in [5, 5.41) is 0. The molecule has 0 nitrogen and oxygen atoms in total. The SMILES string of the molecule is Cc1c(C)c(-c2cc(-c3ccccc3)cc(-c3ccccc3)c2)c(C)c(C)c1B1c2c(C)c(C)c(-c3cc(-c4ccccc4)cc(-c4ccccc4)c3)c(C)c2Cc2c(C)c(-c3cc(-c4ccccc4)cc(-c4ccccc4)c3)c(C)c(C)c21. The van der Waals surface area contributed by atoms with Gasteiger partial charge in [0, 0.05) is 0 Å². The second-order valence-electron chi connectivity index (χ2n) is 23.8. The van der Waals surface area contributed by atoms with Crippen LogP contribution in [0, 0.1) is 69.2 Å². The molecule has 84 heavy (non-hydrogen) atoms. The van der Waals surface area contributed by atoms with Crippen molar-refractivity contribution in [1.29, 1.82) is 0 Å². The number of hydrogen-bond acceptors (Lipinski definition) is 0. The molecule has 1 aliphatic heterocycles. The third-order valence-corrected chi connectivity index (χ3v) is 19.2. The zero-order valence-corrected chi connectivity index (χ0v) is 50.3. The van der Waals surface area contributed by atoms with Crippen molar-refractivity contribution < 1.29 is 0 Å². The quantitative estimate of drug-likeness (QED) is 0.120. The molecule has 0 spiro atoms. The fourth-order valence-corrected chi connectivity index (χ4v) is 14.5.